The molecule has 0 saturated heterocycles. The average molecular weight is 209 g/mol. The number of hydrogen-bond donors (Lipinski definition) is 2. The fourth-order valence-corrected chi connectivity index (χ4v) is 0.845. The summed E-state index contributed by atoms with van der Waals surface area (Å²) in [6.07, 6.45) is 2.54. The number of amidine groups is 1. The summed E-state index contributed by atoms with van der Waals surface area (Å²) in [5.41, 5.74) is 5.72. The molecule has 1 aromatic heterocycles. The van der Waals surface area contributed by atoms with Crippen molar-refractivity contribution in [1.29, 1.82) is 5.41 Å². The average Bonchev–Trinajstić information content (AvgIpc) is 2.29. The van der Waals surface area contributed by atoms with Crippen molar-refractivity contribution in [3.05, 3.63) is 24.0 Å². The molecule has 0 fully saturated rings. The number of nitrogen functional groups attached to an aromatic ring is 1. The Hall–Kier alpha value is -1.58. The molecule has 15 heavy (non-hydrogen) atoms. The van der Waals surface area contributed by atoms with Crippen LogP contribution in [0.15, 0.2) is 18.3 Å². The van der Waals surface area contributed by atoms with Crippen LogP contribution < -0.4 is 10.5 Å². The zero-order valence-electron chi connectivity index (χ0n) is 9.58. The van der Waals surface area contributed by atoms with E-state index in [1.54, 1.807) is 18.3 Å². The smallest absolute Gasteiger partial charge is 0.141 e. The number of hydrogen-bond acceptors (Lipinski definition) is 3. The van der Waals surface area contributed by atoms with E-state index >= 15 is 0 Å². The largest absolute Gasteiger partial charge is 0.492 e. The Labute approximate surface area is 91.0 Å². The Morgan fingerprint density at radius 1 is 1.47 bits per heavy atom. The second-order valence-corrected chi connectivity index (χ2v) is 2.64. The number of pyridine rings is 1. The zero-order valence-corrected chi connectivity index (χ0v) is 9.58. The second-order valence-electron chi connectivity index (χ2n) is 2.64. The minimum atomic E-state index is -0.0259. The highest BCUT2D eigenvalue weighted by Gasteiger charge is 1.98. The van der Waals surface area contributed by atoms with Gasteiger partial charge < -0.3 is 10.5 Å². The number of aromatic nitrogens is 1. The first-order chi connectivity index (χ1) is 7.24. The number of ether oxygens (including phenoxy) is 1. The summed E-state index contributed by atoms with van der Waals surface area (Å²) < 4.78 is 5.32. The van der Waals surface area contributed by atoms with Crippen molar-refractivity contribution in [1.82, 2.24) is 4.98 Å². The van der Waals surface area contributed by atoms with Gasteiger partial charge in [0.15, 0.2) is 0 Å². The molecule has 0 saturated carbocycles. The van der Waals surface area contributed by atoms with E-state index in [1.165, 1.54) is 0 Å². The lowest BCUT2D eigenvalue weighted by Gasteiger charge is -2.03. The van der Waals surface area contributed by atoms with Crippen molar-refractivity contribution in [2.75, 3.05) is 6.61 Å². The summed E-state index contributed by atoms with van der Waals surface area (Å²) in [6, 6.07) is 3.44. The van der Waals surface area contributed by atoms with Crippen LogP contribution in [0.25, 0.3) is 0 Å². The summed E-state index contributed by atoms with van der Waals surface area (Å²) >= 11 is 0. The van der Waals surface area contributed by atoms with Gasteiger partial charge in [-0.25, -0.2) is 4.98 Å². The number of nitrogens with one attached hydrogen (secondary N) is 1. The Kier molecular flexibility index (Phi) is 6.97. The van der Waals surface area contributed by atoms with E-state index in [0.717, 1.165) is 6.42 Å². The molecule has 0 amide bonds. The lowest BCUT2D eigenvalue weighted by molar-refractivity contribution is 0.316. The van der Waals surface area contributed by atoms with Crippen LogP contribution in [0.3, 0.4) is 0 Å². The fourth-order valence-electron chi connectivity index (χ4n) is 0.845. The van der Waals surface area contributed by atoms with Gasteiger partial charge in [0, 0.05) is 0 Å². The molecule has 0 bridgehead atoms. The molecule has 0 atom stereocenters. The molecule has 0 aliphatic carbocycles. The third-order valence-electron chi connectivity index (χ3n) is 1.49. The molecule has 4 heteroatoms. The highest BCUT2D eigenvalue weighted by Crippen LogP contribution is 2.08. The number of rotatable bonds is 4. The van der Waals surface area contributed by atoms with E-state index in [4.69, 9.17) is 15.9 Å². The minimum Gasteiger partial charge on any atom is -0.492 e. The molecule has 1 heterocycles. The van der Waals surface area contributed by atoms with Gasteiger partial charge in [0.1, 0.15) is 17.3 Å². The van der Waals surface area contributed by atoms with Crippen LogP contribution in [0, 0.1) is 5.41 Å². The fraction of sp³-hybridized carbons (Fsp3) is 0.455. The molecule has 0 radical (unpaired) electrons. The Balaban J connectivity index is 0.000000921. The second kappa shape index (κ2) is 7.79. The van der Waals surface area contributed by atoms with Gasteiger partial charge in [-0.05, 0) is 18.6 Å². The van der Waals surface area contributed by atoms with E-state index in [-0.39, 0.29) is 5.84 Å². The van der Waals surface area contributed by atoms with E-state index < -0.39 is 0 Å². The van der Waals surface area contributed by atoms with Gasteiger partial charge in [-0.2, -0.15) is 0 Å². The van der Waals surface area contributed by atoms with E-state index in [9.17, 15) is 0 Å². The van der Waals surface area contributed by atoms with Crippen LogP contribution in [-0.2, 0) is 0 Å². The summed E-state index contributed by atoms with van der Waals surface area (Å²) in [6.45, 7) is 6.72. The minimum absolute atomic E-state index is 0.0259. The van der Waals surface area contributed by atoms with E-state index in [2.05, 4.69) is 4.98 Å². The van der Waals surface area contributed by atoms with Gasteiger partial charge in [0.25, 0.3) is 0 Å². The molecule has 0 unspecified atom stereocenters. The molecule has 84 valence electrons. The van der Waals surface area contributed by atoms with Crippen molar-refractivity contribution >= 4 is 5.84 Å². The van der Waals surface area contributed by atoms with Gasteiger partial charge in [0.05, 0.1) is 12.8 Å². The lowest BCUT2D eigenvalue weighted by Crippen LogP contribution is -2.12. The third kappa shape index (κ3) is 5.00. The predicted molar refractivity (Wildman–Crippen MR) is 62.4 cm³/mol. The van der Waals surface area contributed by atoms with Crippen LogP contribution in [0.2, 0.25) is 0 Å². The standard InChI is InChI=1S/C9H13N3O.C2H6/c1-2-5-13-7-3-4-8(9(10)11)12-6-7;1-2/h3-4,6H,2,5H2,1H3,(H3,10,11);1-2H3. The monoisotopic (exact) mass is 209 g/mol. The predicted octanol–water partition coefficient (Wildman–Crippen LogP) is 2.18. The molecule has 0 spiro atoms. The molecule has 1 aromatic rings. The molecule has 1 rings (SSSR count). The summed E-state index contributed by atoms with van der Waals surface area (Å²) in [5, 5.41) is 7.12. The molecule has 0 aliphatic heterocycles. The van der Waals surface area contributed by atoms with Crippen LogP contribution in [0.1, 0.15) is 32.9 Å². The lowest BCUT2D eigenvalue weighted by atomic mass is 10.3. The van der Waals surface area contributed by atoms with Gasteiger partial charge in [-0.1, -0.05) is 20.8 Å². The molecule has 4 nitrogen and oxygen atoms in total. The van der Waals surface area contributed by atoms with Crippen molar-refractivity contribution in [2.45, 2.75) is 27.2 Å². The molecule has 3 N–H and O–H groups in total. The molecular formula is C11H19N3O. The Morgan fingerprint density at radius 3 is 2.53 bits per heavy atom. The maximum Gasteiger partial charge on any atom is 0.141 e. The maximum atomic E-state index is 7.12. The molecule has 0 aromatic carbocycles. The number of nitrogens with two attached hydrogens (primary N) is 1. The first kappa shape index (κ1) is 13.4. The zero-order chi connectivity index (χ0) is 11.7. The van der Waals surface area contributed by atoms with Gasteiger partial charge in [-0.3, -0.25) is 5.41 Å². The topological polar surface area (TPSA) is 72.0 Å². The summed E-state index contributed by atoms with van der Waals surface area (Å²) in [7, 11) is 0. The Morgan fingerprint density at radius 2 is 2.13 bits per heavy atom. The van der Waals surface area contributed by atoms with Crippen LogP contribution in [0.5, 0.6) is 5.75 Å². The van der Waals surface area contributed by atoms with Crippen molar-refractivity contribution in [3.63, 3.8) is 0 Å². The molecule has 0 aliphatic rings. The quantitative estimate of drug-likeness (QED) is 0.589. The Bertz CT molecular complexity index is 282. The SMILES string of the molecule is CC.CCCOc1ccc(C(=N)N)nc1. The third-order valence-corrected chi connectivity index (χ3v) is 1.49. The van der Waals surface area contributed by atoms with Crippen molar-refractivity contribution in [3.8, 4) is 5.75 Å². The summed E-state index contributed by atoms with van der Waals surface area (Å²) in [4.78, 5) is 3.96. The van der Waals surface area contributed by atoms with E-state index in [0.29, 0.717) is 18.1 Å². The summed E-state index contributed by atoms with van der Waals surface area (Å²) in [5.74, 6) is 0.689. The van der Waals surface area contributed by atoms with Gasteiger partial charge >= 0.3 is 0 Å². The normalized spacial score (nSPS) is 8.73. The van der Waals surface area contributed by atoms with Crippen LogP contribution in [0.4, 0.5) is 0 Å². The highest BCUT2D eigenvalue weighted by atomic mass is 16.5. The first-order valence-corrected chi connectivity index (χ1v) is 5.17. The maximum absolute atomic E-state index is 7.12. The van der Waals surface area contributed by atoms with Crippen molar-refractivity contribution in [2.24, 2.45) is 5.73 Å². The van der Waals surface area contributed by atoms with E-state index in [1.807, 2.05) is 20.8 Å². The van der Waals surface area contributed by atoms with Gasteiger partial charge in [-0.15, -0.1) is 0 Å². The number of nitrogens with zero attached hydrogens (tertiary/aromatic N) is 1. The van der Waals surface area contributed by atoms with Crippen molar-refractivity contribution < 1.29 is 4.74 Å². The first-order valence-electron chi connectivity index (χ1n) is 5.17. The highest BCUT2D eigenvalue weighted by molar-refractivity contribution is 5.92. The van der Waals surface area contributed by atoms with Gasteiger partial charge in [0.2, 0.25) is 0 Å². The molecular weight excluding hydrogens is 190 g/mol. The van der Waals surface area contributed by atoms with Crippen LogP contribution in [-0.4, -0.2) is 17.4 Å². The van der Waals surface area contributed by atoms with Crippen LogP contribution >= 0.6 is 0 Å².